The zero-order valence-electron chi connectivity index (χ0n) is 53.3. The number of hydrogen-bond acceptors (Lipinski definition) is 17. The van der Waals surface area contributed by atoms with Crippen LogP contribution >= 0.6 is 68.3 Å². The minimum atomic E-state index is -4.78. The van der Waals surface area contributed by atoms with E-state index in [9.17, 15) is 66.4 Å². The summed E-state index contributed by atoms with van der Waals surface area (Å²) in [5.74, 6) is -0.415. The number of alkyl halides is 12. The number of nitrogens with one attached hydrogen (secondary N) is 3. The third-order valence-electron chi connectivity index (χ3n) is 14.4. The van der Waals surface area contributed by atoms with Gasteiger partial charge in [-0.05, 0) is 174 Å². The summed E-state index contributed by atoms with van der Waals surface area (Å²) in [6, 6.07) is 37.2. The number of anilines is 7. The van der Waals surface area contributed by atoms with Gasteiger partial charge in [0.2, 0.25) is 17.8 Å². The lowest BCUT2D eigenvalue weighted by Crippen LogP contribution is -2.44. The van der Waals surface area contributed by atoms with E-state index in [1.807, 2.05) is 24.3 Å². The molecule has 1 aliphatic heterocycles. The van der Waals surface area contributed by atoms with Gasteiger partial charge in [-0.2, -0.15) is 52.7 Å². The number of rotatable bonds is 17. The Morgan fingerprint density at radius 3 is 1.26 bits per heavy atom. The van der Waals surface area contributed by atoms with Crippen LogP contribution in [0.4, 0.5) is 93.3 Å². The molecule has 0 spiro atoms. The van der Waals surface area contributed by atoms with Crippen molar-refractivity contribution in [1.82, 2.24) is 34.8 Å². The zero-order chi connectivity index (χ0) is 71.8. The second-order valence-electron chi connectivity index (χ2n) is 23.1. The number of thioether (sulfide) groups is 1. The van der Waals surface area contributed by atoms with Crippen molar-refractivity contribution in [2.45, 2.75) is 62.3 Å². The van der Waals surface area contributed by atoms with Crippen LogP contribution in [0.1, 0.15) is 33.4 Å². The molecule has 0 atom stereocenters. The highest BCUT2D eigenvalue weighted by atomic mass is 35.5. The van der Waals surface area contributed by atoms with Gasteiger partial charge in [-0.1, -0.05) is 65.5 Å². The number of benzene rings is 6. The van der Waals surface area contributed by atoms with Crippen molar-refractivity contribution in [2.75, 3.05) is 94.1 Å². The Balaban J connectivity index is 0.000000188. The van der Waals surface area contributed by atoms with Crippen LogP contribution in [-0.2, 0) is 44.2 Å². The molecule has 3 aromatic heterocycles. The van der Waals surface area contributed by atoms with Crippen molar-refractivity contribution in [2.24, 2.45) is 0 Å². The molecule has 14 nitrogen and oxygen atoms in total. The lowest BCUT2D eigenvalue weighted by Gasteiger charge is -2.34. The summed E-state index contributed by atoms with van der Waals surface area (Å²) in [5, 5.41) is 10.3. The molecule has 0 amide bonds. The molecule has 3 N–H and O–H groups in total. The molecule has 1 saturated heterocycles. The van der Waals surface area contributed by atoms with Crippen molar-refractivity contribution < 1.29 is 66.4 Å². The summed E-state index contributed by atoms with van der Waals surface area (Å²) in [6.07, 6.45) is -16.4. The molecule has 1 fully saturated rings. The van der Waals surface area contributed by atoms with Gasteiger partial charge in [0.1, 0.15) is 53.2 Å². The molecule has 0 unspecified atom stereocenters. The number of halogens is 13. The van der Waals surface area contributed by atoms with E-state index < -0.39 is 73.4 Å². The molecule has 9 aromatic rings. The first-order chi connectivity index (χ1) is 45.7. The van der Waals surface area contributed by atoms with Gasteiger partial charge in [0, 0.05) is 104 Å². The quantitative estimate of drug-likeness (QED) is 0.0340. The maximum atomic E-state index is 13.6. The van der Waals surface area contributed by atoms with E-state index >= 15 is 0 Å². The Hall–Kier alpha value is -7.09. The summed E-state index contributed by atoms with van der Waals surface area (Å²) in [4.78, 5) is 29.3. The fourth-order valence-electron chi connectivity index (χ4n) is 9.03. The third kappa shape index (κ3) is 22.0. The maximum Gasteiger partial charge on any atom is 0.420 e. The van der Waals surface area contributed by atoms with Crippen LogP contribution < -0.4 is 36.8 Å². The molecule has 4 heterocycles. The highest BCUT2D eigenvalue weighted by Gasteiger charge is 2.39. The lowest BCUT2D eigenvalue weighted by atomic mass is 10.1. The number of hydrogen-bond donors (Lipinski definition) is 3. The molecular formula is C65H63ClF12N11O3P3S3. The molecule has 10 rings (SSSR count). The topological polar surface area (TPSA) is 171 Å². The van der Waals surface area contributed by atoms with Crippen LogP contribution in [0.3, 0.4) is 0 Å². The highest BCUT2D eigenvalue weighted by Crippen LogP contribution is 2.44. The normalized spacial score (nSPS) is 13.4. The minimum Gasteiger partial charge on any atom is -0.369 e. The Morgan fingerprint density at radius 1 is 0.469 bits per heavy atom. The zero-order valence-corrected chi connectivity index (χ0v) is 59.2. The highest BCUT2D eigenvalue weighted by molar-refractivity contribution is 7.99. The Kier molecular flexibility index (Phi) is 24.7. The molecule has 0 aliphatic carbocycles. The van der Waals surface area contributed by atoms with E-state index in [2.05, 4.69) is 62.7 Å². The van der Waals surface area contributed by atoms with Gasteiger partial charge in [0.15, 0.2) is 0 Å². The Morgan fingerprint density at radius 2 is 0.847 bits per heavy atom. The van der Waals surface area contributed by atoms with Crippen LogP contribution in [0, 0.1) is 6.92 Å². The Labute approximate surface area is 575 Å². The van der Waals surface area contributed by atoms with Gasteiger partial charge >= 0.3 is 24.7 Å². The molecule has 98 heavy (non-hydrogen) atoms. The lowest BCUT2D eigenvalue weighted by molar-refractivity contribution is -0.141. The first kappa shape index (κ1) is 76.7. The summed E-state index contributed by atoms with van der Waals surface area (Å²) in [7, 11) is -5.22. The number of aromatic nitrogens is 6. The van der Waals surface area contributed by atoms with Gasteiger partial charge in [0.05, 0.1) is 5.56 Å². The van der Waals surface area contributed by atoms with Crippen LogP contribution in [-0.4, -0.2) is 108 Å². The molecule has 33 heteroatoms. The summed E-state index contributed by atoms with van der Waals surface area (Å²) in [5.41, 5.74) is -0.484. The van der Waals surface area contributed by atoms with Crippen LogP contribution in [0.5, 0.6) is 0 Å². The van der Waals surface area contributed by atoms with E-state index in [1.165, 1.54) is 18.2 Å². The molecule has 0 saturated carbocycles. The van der Waals surface area contributed by atoms with E-state index in [-0.39, 0.29) is 39.2 Å². The predicted molar refractivity (Wildman–Crippen MR) is 369 cm³/mol. The summed E-state index contributed by atoms with van der Waals surface area (Å²) < 4.78 is 198. The predicted octanol–water partition coefficient (Wildman–Crippen LogP) is 18.8. The third-order valence-corrected chi connectivity index (χ3v) is 22.5. The van der Waals surface area contributed by atoms with Crippen molar-refractivity contribution in [3.63, 3.8) is 0 Å². The van der Waals surface area contributed by atoms with E-state index in [0.29, 0.717) is 65.7 Å². The first-order valence-electron chi connectivity index (χ1n) is 29.2. The largest absolute Gasteiger partial charge is 0.420 e. The molecular weight excluding hydrogens is 1440 g/mol. The number of aryl methyl sites for hydroxylation is 1. The van der Waals surface area contributed by atoms with Gasteiger partial charge in [-0.25, -0.2) is 29.9 Å². The van der Waals surface area contributed by atoms with Gasteiger partial charge in [-0.3, -0.25) is 0 Å². The van der Waals surface area contributed by atoms with Crippen LogP contribution in [0.25, 0.3) is 0 Å². The monoisotopic (exact) mass is 1500 g/mol. The maximum absolute atomic E-state index is 13.6. The fourth-order valence-corrected chi connectivity index (χ4v) is 14.8. The number of piperazine rings is 1. The molecule has 0 radical (unpaired) electrons. The van der Waals surface area contributed by atoms with E-state index in [1.54, 1.807) is 138 Å². The van der Waals surface area contributed by atoms with Crippen molar-refractivity contribution in [3.8, 4) is 0 Å². The average molecular weight is 1500 g/mol. The molecule has 1 aliphatic rings. The summed E-state index contributed by atoms with van der Waals surface area (Å²) >= 11 is 8.27. The van der Waals surface area contributed by atoms with Crippen molar-refractivity contribution >= 4 is 125 Å². The Bertz CT molecular complexity index is 4390. The first-order valence-corrected chi connectivity index (χ1v) is 40.0. The van der Waals surface area contributed by atoms with Crippen LogP contribution in [0.2, 0.25) is 5.02 Å². The van der Waals surface area contributed by atoms with Crippen LogP contribution in [0.15, 0.2) is 183 Å². The fraction of sp³-hybridized carbons (Fsp3) is 0.262. The van der Waals surface area contributed by atoms with Gasteiger partial charge in [-0.15, -0.1) is 11.8 Å². The molecule has 6 aromatic carbocycles. The van der Waals surface area contributed by atoms with Gasteiger partial charge < -0.3 is 39.4 Å². The standard InChI is InChI=1S/C24H27F3N5OPS.C21H18F6N3OPS.C20H18ClF3N3OPS/c1-31-12-14-32(15-13-31)18-6-4-17(5-7-18)29-23-28-16-21(24(25,26)27)22(30-23)35-20-10-8-19(9-11-20)34(2,3)33;1-32(2,31)15-9-7-14(8-10-15)29-19-28-11-17(21(25,26)27)18(30-19)33-12-13-5-3-4-6-16(13)20(22,23)24;1-12-10-13(21)4-9-17(12)30-18-16(20(22,23)24)11-25-19(27-18)26-14-5-7-15(8-6-14)29(2,3)28/h4-11,16H,12-15H2,1-3H3,(H,28,29,30);3-11H,12H2,1-2H3,(H,28,29,30);4-11H,1-3H3,(H,25,26,27). The summed E-state index contributed by atoms with van der Waals surface area (Å²) in [6.45, 7) is 15.5. The molecule has 520 valence electrons. The van der Waals surface area contributed by atoms with Crippen molar-refractivity contribution in [3.05, 3.63) is 197 Å². The second-order valence-corrected chi connectivity index (χ2v) is 36.3. The SMILES string of the molecule is CN1CCN(c2ccc(Nc3ncc(C(F)(F)F)c(Sc4ccc(P(C)(C)=O)cc4)n3)cc2)CC1.CP(C)(=O)c1ccc(Nc2ncc(C(F)(F)F)c(SCc3ccccc3C(F)(F)F)n2)cc1.Cc1cc(Cl)ccc1Sc1nc(Nc2ccc(P(C)(C)=O)cc2)ncc1C(F)(F)F. The minimum absolute atomic E-state index is 0.0287. The number of likely N-dealkylation sites (N-methyl/N-ethyl adjacent to an activating group) is 1. The van der Waals surface area contributed by atoms with E-state index in [0.717, 1.165) is 79.4 Å². The average Bonchev–Trinajstić information content (AvgIpc) is 0.812. The van der Waals surface area contributed by atoms with Crippen molar-refractivity contribution in [1.29, 1.82) is 0 Å². The second kappa shape index (κ2) is 31.6. The van der Waals surface area contributed by atoms with Gasteiger partial charge in [0.25, 0.3) is 0 Å². The molecule has 0 bridgehead atoms. The van der Waals surface area contributed by atoms with E-state index in [4.69, 9.17) is 11.6 Å². The number of nitrogens with zero attached hydrogens (tertiary/aromatic N) is 8. The smallest absolute Gasteiger partial charge is 0.369 e.